The highest BCUT2D eigenvalue weighted by atomic mass is 16.5. The van der Waals surface area contributed by atoms with E-state index in [4.69, 9.17) is 10.6 Å². The Morgan fingerprint density at radius 3 is 2.62 bits per heavy atom. The average molecular weight is 226 g/mol. The molecule has 0 radical (unpaired) electrons. The topological polar surface area (TPSA) is 65.1 Å². The van der Waals surface area contributed by atoms with Crippen molar-refractivity contribution in [3.8, 4) is 0 Å². The number of hydrogen-bond acceptors (Lipinski definition) is 4. The molecule has 1 heterocycles. The van der Waals surface area contributed by atoms with Gasteiger partial charge in [0.1, 0.15) is 0 Å². The van der Waals surface area contributed by atoms with E-state index in [9.17, 15) is 0 Å². The zero-order chi connectivity index (χ0) is 12.3. The highest BCUT2D eigenvalue weighted by molar-refractivity contribution is 5.11. The van der Waals surface area contributed by atoms with Gasteiger partial charge in [-0.3, -0.25) is 16.0 Å². The van der Waals surface area contributed by atoms with Crippen LogP contribution in [0, 0.1) is 6.92 Å². The molecule has 92 valence electrons. The number of nitrogens with two attached hydrogens (primary N) is 1. The quantitative estimate of drug-likeness (QED) is 0.568. The molecular formula is C11H22N4O. The van der Waals surface area contributed by atoms with Crippen molar-refractivity contribution in [3.63, 3.8) is 0 Å². The number of hydrazine groups is 1. The Labute approximate surface area is 96.9 Å². The molecular weight excluding hydrogens is 204 g/mol. The highest BCUT2D eigenvalue weighted by Crippen LogP contribution is 2.17. The number of rotatable bonds is 5. The van der Waals surface area contributed by atoms with E-state index >= 15 is 0 Å². The molecule has 0 aromatic carbocycles. The van der Waals surface area contributed by atoms with Crippen molar-refractivity contribution in [1.82, 2.24) is 15.2 Å². The number of nitrogens with one attached hydrogen (secondary N) is 1. The minimum absolute atomic E-state index is 0.0484. The summed E-state index contributed by atoms with van der Waals surface area (Å²) in [6.45, 7) is 6.01. The van der Waals surface area contributed by atoms with Crippen LogP contribution in [0.3, 0.4) is 0 Å². The van der Waals surface area contributed by atoms with Gasteiger partial charge in [0.2, 0.25) is 0 Å². The molecule has 0 aliphatic rings. The van der Waals surface area contributed by atoms with Crippen molar-refractivity contribution in [2.24, 2.45) is 12.9 Å². The summed E-state index contributed by atoms with van der Waals surface area (Å²) in [4.78, 5) is 0. The normalized spacial score (nSPS) is 14.1. The predicted molar refractivity (Wildman–Crippen MR) is 63.8 cm³/mol. The Morgan fingerprint density at radius 1 is 1.62 bits per heavy atom. The minimum atomic E-state index is -0.313. The van der Waals surface area contributed by atoms with Crippen molar-refractivity contribution in [2.45, 2.75) is 38.8 Å². The molecule has 0 fully saturated rings. The SMILES string of the molecule is COC(C)(C)C(Cc1cc(C)nn1C)NN. The van der Waals surface area contributed by atoms with Gasteiger partial charge in [-0.15, -0.1) is 0 Å². The number of nitrogens with zero attached hydrogens (tertiary/aromatic N) is 2. The van der Waals surface area contributed by atoms with Gasteiger partial charge in [-0.05, 0) is 26.8 Å². The molecule has 0 aliphatic carbocycles. The second kappa shape index (κ2) is 4.95. The lowest BCUT2D eigenvalue weighted by atomic mass is 9.94. The van der Waals surface area contributed by atoms with Crippen LogP contribution in [0.5, 0.6) is 0 Å². The minimum Gasteiger partial charge on any atom is -0.377 e. The third-order valence-electron chi connectivity index (χ3n) is 3.08. The lowest BCUT2D eigenvalue weighted by molar-refractivity contribution is -0.0105. The standard InChI is InChI=1S/C11H22N4O/c1-8-6-9(15(4)14-8)7-10(13-12)11(2,3)16-5/h6,10,13H,7,12H2,1-5H3. The summed E-state index contributed by atoms with van der Waals surface area (Å²) in [5, 5.41) is 4.31. The fourth-order valence-corrected chi connectivity index (χ4v) is 1.71. The van der Waals surface area contributed by atoms with Gasteiger partial charge >= 0.3 is 0 Å². The molecule has 5 nitrogen and oxygen atoms in total. The van der Waals surface area contributed by atoms with Crippen LogP contribution in [0.2, 0.25) is 0 Å². The van der Waals surface area contributed by atoms with Gasteiger partial charge in [-0.1, -0.05) is 0 Å². The molecule has 0 aliphatic heterocycles. The summed E-state index contributed by atoms with van der Waals surface area (Å²) in [7, 11) is 3.63. The van der Waals surface area contributed by atoms with Gasteiger partial charge in [0.25, 0.3) is 0 Å². The maximum atomic E-state index is 5.58. The van der Waals surface area contributed by atoms with Crippen LogP contribution >= 0.6 is 0 Å². The number of aryl methyl sites for hydroxylation is 2. The molecule has 0 spiro atoms. The zero-order valence-corrected chi connectivity index (χ0v) is 10.7. The lowest BCUT2D eigenvalue weighted by Crippen LogP contribution is -2.52. The summed E-state index contributed by atoms with van der Waals surface area (Å²) in [6, 6.07) is 2.11. The first-order valence-corrected chi connectivity index (χ1v) is 5.41. The summed E-state index contributed by atoms with van der Waals surface area (Å²) < 4.78 is 7.32. The van der Waals surface area contributed by atoms with E-state index in [1.165, 1.54) is 0 Å². The van der Waals surface area contributed by atoms with Crippen molar-refractivity contribution < 1.29 is 4.74 Å². The lowest BCUT2D eigenvalue weighted by Gasteiger charge is -2.32. The van der Waals surface area contributed by atoms with Gasteiger partial charge in [0, 0.05) is 26.3 Å². The van der Waals surface area contributed by atoms with Crippen LogP contribution < -0.4 is 11.3 Å². The summed E-state index contributed by atoms with van der Waals surface area (Å²) in [5.74, 6) is 5.58. The number of ether oxygens (including phenoxy) is 1. The fraction of sp³-hybridized carbons (Fsp3) is 0.727. The maximum Gasteiger partial charge on any atom is 0.0792 e. The Kier molecular flexibility index (Phi) is 4.07. The molecule has 0 saturated carbocycles. The van der Waals surface area contributed by atoms with Gasteiger partial charge < -0.3 is 4.74 Å². The summed E-state index contributed by atoms with van der Waals surface area (Å²) >= 11 is 0. The van der Waals surface area contributed by atoms with Crippen molar-refractivity contribution in [2.75, 3.05) is 7.11 Å². The summed E-state index contributed by atoms with van der Waals surface area (Å²) in [6.07, 6.45) is 0.786. The van der Waals surface area contributed by atoms with Crippen molar-refractivity contribution in [1.29, 1.82) is 0 Å². The molecule has 1 aromatic heterocycles. The first-order valence-electron chi connectivity index (χ1n) is 5.41. The van der Waals surface area contributed by atoms with Gasteiger partial charge in [0.05, 0.1) is 17.3 Å². The summed E-state index contributed by atoms with van der Waals surface area (Å²) in [5.41, 5.74) is 4.66. The van der Waals surface area contributed by atoms with Gasteiger partial charge in [-0.2, -0.15) is 5.10 Å². The number of hydrogen-bond donors (Lipinski definition) is 2. The monoisotopic (exact) mass is 226 g/mol. The molecule has 16 heavy (non-hydrogen) atoms. The molecule has 0 saturated heterocycles. The molecule has 1 atom stereocenters. The predicted octanol–water partition coefficient (Wildman–Crippen LogP) is 0.528. The molecule has 1 aromatic rings. The molecule has 5 heteroatoms. The average Bonchev–Trinajstić information content (AvgIpc) is 2.53. The smallest absolute Gasteiger partial charge is 0.0792 e. The largest absolute Gasteiger partial charge is 0.377 e. The first kappa shape index (κ1) is 13.2. The van der Waals surface area contributed by atoms with Crippen molar-refractivity contribution >= 4 is 0 Å². The van der Waals surface area contributed by atoms with E-state index in [1.807, 2.05) is 32.5 Å². The van der Waals surface area contributed by atoms with Crippen LogP contribution in [0.25, 0.3) is 0 Å². The van der Waals surface area contributed by atoms with Crippen LogP contribution in [-0.2, 0) is 18.2 Å². The number of methoxy groups -OCH3 is 1. The van der Waals surface area contributed by atoms with E-state index in [0.29, 0.717) is 0 Å². The second-order valence-corrected chi connectivity index (χ2v) is 4.63. The molecule has 0 bridgehead atoms. The molecule has 1 rings (SSSR count). The van der Waals surface area contributed by atoms with E-state index in [1.54, 1.807) is 7.11 Å². The Hall–Kier alpha value is -0.910. The zero-order valence-electron chi connectivity index (χ0n) is 10.7. The van der Waals surface area contributed by atoms with Crippen molar-refractivity contribution in [3.05, 3.63) is 17.5 Å². The van der Waals surface area contributed by atoms with Crippen LogP contribution in [-0.4, -0.2) is 28.5 Å². The Morgan fingerprint density at radius 2 is 2.25 bits per heavy atom. The van der Waals surface area contributed by atoms with E-state index in [0.717, 1.165) is 17.8 Å². The maximum absolute atomic E-state index is 5.58. The molecule has 1 unspecified atom stereocenters. The highest BCUT2D eigenvalue weighted by Gasteiger charge is 2.29. The Bertz CT molecular complexity index is 346. The first-order chi connectivity index (χ1) is 7.40. The van der Waals surface area contributed by atoms with E-state index in [-0.39, 0.29) is 11.6 Å². The third kappa shape index (κ3) is 2.81. The fourth-order valence-electron chi connectivity index (χ4n) is 1.71. The van der Waals surface area contributed by atoms with Gasteiger partial charge in [-0.25, -0.2) is 0 Å². The second-order valence-electron chi connectivity index (χ2n) is 4.63. The Balaban J connectivity index is 2.82. The molecule has 0 amide bonds. The van der Waals surface area contributed by atoms with E-state index in [2.05, 4.69) is 16.6 Å². The van der Waals surface area contributed by atoms with Crippen LogP contribution in [0.15, 0.2) is 6.07 Å². The van der Waals surface area contributed by atoms with Gasteiger partial charge in [0.15, 0.2) is 0 Å². The third-order valence-corrected chi connectivity index (χ3v) is 3.08. The molecule has 3 N–H and O–H groups in total. The van der Waals surface area contributed by atoms with Crippen LogP contribution in [0.1, 0.15) is 25.2 Å². The number of aromatic nitrogens is 2. The van der Waals surface area contributed by atoms with Crippen LogP contribution in [0.4, 0.5) is 0 Å². The van der Waals surface area contributed by atoms with E-state index < -0.39 is 0 Å².